The molecule has 4 nitrogen and oxygen atoms in total. The van der Waals surface area contributed by atoms with Gasteiger partial charge in [0.1, 0.15) is 5.54 Å². The highest BCUT2D eigenvalue weighted by molar-refractivity contribution is 7.99. The van der Waals surface area contributed by atoms with Gasteiger partial charge in [-0.3, -0.25) is 4.79 Å². The minimum atomic E-state index is -0.590. The van der Waals surface area contributed by atoms with Crippen molar-refractivity contribution in [3.8, 4) is 0 Å². The first-order valence-corrected chi connectivity index (χ1v) is 6.84. The van der Waals surface area contributed by atoms with E-state index >= 15 is 0 Å². The summed E-state index contributed by atoms with van der Waals surface area (Å²) in [5.41, 5.74) is 4.82. The fourth-order valence-electron chi connectivity index (χ4n) is 1.19. The van der Waals surface area contributed by atoms with Crippen molar-refractivity contribution in [2.75, 3.05) is 31.8 Å². The van der Waals surface area contributed by atoms with Crippen LogP contribution in [-0.4, -0.2) is 43.2 Å². The summed E-state index contributed by atoms with van der Waals surface area (Å²) in [5, 5.41) is 3.21. The third-order valence-corrected chi connectivity index (χ3v) is 3.70. The largest absolute Gasteiger partial charge is 0.385 e. The van der Waals surface area contributed by atoms with Crippen LogP contribution >= 0.6 is 11.8 Å². The van der Waals surface area contributed by atoms with E-state index in [4.69, 9.17) is 10.5 Å². The maximum atomic E-state index is 11.4. The molecular formula is C11H24N2O2S. The number of primary amides is 1. The number of carbonyl (C=O) groups is 1. The second-order valence-electron chi connectivity index (χ2n) is 4.02. The molecule has 0 heterocycles. The monoisotopic (exact) mass is 248 g/mol. The second-order valence-corrected chi connectivity index (χ2v) is 5.13. The van der Waals surface area contributed by atoms with Gasteiger partial charge < -0.3 is 15.8 Å². The second kappa shape index (κ2) is 8.84. The van der Waals surface area contributed by atoms with E-state index in [2.05, 4.69) is 12.2 Å². The lowest BCUT2D eigenvalue weighted by atomic mass is 10.1. The summed E-state index contributed by atoms with van der Waals surface area (Å²) < 4.78 is 4.97. The first kappa shape index (κ1) is 15.7. The Labute approximate surface area is 103 Å². The highest BCUT2D eigenvalue weighted by atomic mass is 32.2. The van der Waals surface area contributed by atoms with Crippen LogP contribution in [0.25, 0.3) is 0 Å². The number of thioether (sulfide) groups is 1. The van der Waals surface area contributed by atoms with Crippen molar-refractivity contribution in [1.29, 1.82) is 0 Å². The van der Waals surface area contributed by atoms with Gasteiger partial charge in [0.05, 0.1) is 0 Å². The Morgan fingerprint density at radius 2 is 2.25 bits per heavy atom. The zero-order valence-electron chi connectivity index (χ0n) is 10.5. The Balaban J connectivity index is 3.88. The summed E-state index contributed by atoms with van der Waals surface area (Å²) in [4.78, 5) is 11.4. The molecule has 0 bridgehead atoms. The van der Waals surface area contributed by atoms with E-state index in [0.717, 1.165) is 31.7 Å². The van der Waals surface area contributed by atoms with Crippen LogP contribution in [0.15, 0.2) is 0 Å². The minimum Gasteiger partial charge on any atom is -0.385 e. The molecule has 0 radical (unpaired) electrons. The smallest absolute Gasteiger partial charge is 0.238 e. The van der Waals surface area contributed by atoms with Crippen LogP contribution in [0.3, 0.4) is 0 Å². The Bertz CT molecular complexity index is 202. The quantitative estimate of drug-likeness (QED) is 0.566. The van der Waals surface area contributed by atoms with E-state index < -0.39 is 5.54 Å². The molecule has 0 aliphatic rings. The molecule has 1 atom stereocenters. The van der Waals surface area contributed by atoms with Gasteiger partial charge in [-0.15, -0.1) is 0 Å². The molecule has 0 aliphatic carbocycles. The van der Waals surface area contributed by atoms with Crippen LogP contribution in [0.1, 0.15) is 26.7 Å². The average Bonchev–Trinajstić information content (AvgIpc) is 2.26. The normalized spacial score (nSPS) is 14.7. The number of hydrogen-bond acceptors (Lipinski definition) is 4. The predicted octanol–water partition coefficient (Wildman–Crippen LogP) is 1.000. The molecule has 0 aromatic heterocycles. The first-order valence-electron chi connectivity index (χ1n) is 5.68. The van der Waals surface area contributed by atoms with Crippen molar-refractivity contribution in [3.05, 3.63) is 0 Å². The van der Waals surface area contributed by atoms with Gasteiger partial charge in [0.25, 0.3) is 0 Å². The molecule has 96 valence electrons. The summed E-state index contributed by atoms with van der Waals surface area (Å²) in [6.45, 7) is 5.52. The highest BCUT2D eigenvalue weighted by Crippen LogP contribution is 2.14. The Hall–Kier alpha value is -0.260. The summed E-state index contributed by atoms with van der Waals surface area (Å²) in [6, 6.07) is 0. The number of methoxy groups -OCH3 is 1. The van der Waals surface area contributed by atoms with Gasteiger partial charge in [-0.2, -0.15) is 11.8 Å². The maximum absolute atomic E-state index is 11.4. The van der Waals surface area contributed by atoms with Crippen molar-refractivity contribution >= 4 is 17.7 Å². The molecule has 0 aromatic carbocycles. The SMILES string of the molecule is CCCNC(C)(CSCCCOC)C(N)=O. The van der Waals surface area contributed by atoms with Crippen LogP contribution < -0.4 is 11.1 Å². The molecule has 16 heavy (non-hydrogen) atoms. The molecule has 3 N–H and O–H groups in total. The van der Waals surface area contributed by atoms with Gasteiger partial charge in [-0.1, -0.05) is 6.92 Å². The van der Waals surface area contributed by atoms with Gasteiger partial charge in [0.15, 0.2) is 0 Å². The molecule has 5 heteroatoms. The molecule has 1 amide bonds. The number of carbonyl (C=O) groups excluding carboxylic acids is 1. The van der Waals surface area contributed by atoms with Gasteiger partial charge in [0, 0.05) is 19.5 Å². The summed E-state index contributed by atoms with van der Waals surface area (Å²) in [7, 11) is 1.70. The Morgan fingerprint density at radius 3 is 2.75 bits per heavy atom. The Kier molecular flexibility index (Phi) is 8.70. The van der Waals surface area contributed by atoms with E-state index in [0.29, 0.717) is 5.75 Å². The van der Waals surface area contributed by atoms with E-state index in [1.165, 1.54) is 0 Å². The van der Waals surface area contributed by atoms with E-state index in [1.54, 1.807) is 18.9 Å². The lowest BCUT2D eigenvalue weighted by molar-refractivity contribution is -0.122. The number of rotatable bonds is 10. The minimum absolute atomic E-state index is 0.278. The number of amides is 1. The van der Waals surface area contributed by atoms with Crippen molar-refractivity contribution < 1.29 is 9.53 Å². The van der Waals surface area contributed by atoms with Crippen molar-refractivity contribution in [3.63, 3.8) is 0 Å². The molecule has 0 rings (SSSR count). The van der Waals surface area contributed by atoms with E-state index in [-0.39, 0.29) is 5.91 Å². The number of hydrogen-bond donors (Lipinski definition) is 2. The van der Waals surface area contributed by atoms with E-state index in [1.807, 2.05) is 6.92 Å². The topological polar surface area (TPSA) is 64.3 Å². The average molecular weight is 248 g/mol. The molecular weight excluding hydrogens is 224 g/mol. The molecule has 1 unspecified atom stereocenters. The zero-order valence-corrected chi connectivity index (χ0v) is 11.4. The van der Waals surface area contributed by atoms with E-state index in [9.17, 15) is 4.79 Å². The third kappa shape index (κ3) is 6.35. The lowest BCUT2D eigenvalue weighted by Crippen LogP contribution is -2.55. The van der Waals surface area contributed by atoms with Gasteiger partial charge in [-0.05, 0) is 32.1 Å². The number of nitrogens with one attached hydrogen (secondary N) is 1. The van der Waals surface area contributed by atoms with Crippen LogP contribution in [0.4, 0.5) is 0 Å². The molecule has 0 aromatic rings. The molecule has 0 saturated carbocycles. The summed E-state index contributed by atoms with van der Waals surface area (Å²) in [5.74, 6) is 1.43. The molecule has 0 aliphatic heterocycles. The van der Waals surface area contributed by atoms with Crippen LogP contribution in [0, 0.1) is 0 Å². The van der Waals surface area contributed by atoms with Gasteiger partial charge in [-0.25, -0.2) is 0 Å². The van der Waals surface area contributed by atoms with Crippen molar-refractivity contribution in [2.45, 2.75) is 32.2 Å². The van der Waals surface area contributed by atoms with Crippen LogP contribution in [0.2, 0.25) is 0 Å². The predicted molar refractivity (Wildman–Crippen MR) is 69.7 cm³/mol. The molecule has 0 fully saturated rings. The van der Waals surface area contributed by atoms with Crippen molar-refractivity contribution in [1.82, 2.24) is 5.32 Å². The lowest BCUT2D eigenvalue weighted by Gasteiger charge is -2.27. The van der Waals surface area contributed by atoms with Gasteiger partial charge in [0.2, 0.25) is 5.91 Å². The zero-order chi connectivity index (χ0) is 12.4. The summed E-state index contributed by atoms with van der Waals surface area (Å²) in [6.07, 6.45) is 2.00. The fraction of sp³-hybridized carbons (Fsp3) is 0.909. The number of ether oxygens (including phenoxy) is 1. The first-order chi connectivity index (χ1) is 7.56. The molecule has 0 saturated heterocycles. The van der Waals surface area contributed by atoms with Crippen LogP contribution in [0.5, 0.6) is 0 Å². The standard InChI is InChI=1S/C11H24N2O2S/c1-4-6-13-11(2,10(12)14)9-16-8-5-7-15-3/h13H,4-9H2,1-3H3,(H2,12,14). The van der Waals surface area contributed by atoms with Crippen molar-refractivity contribution in [2.24, 2.45) is 5.73 Å². The fourth-order valence-corrected chi connectivity index (χ4v) is 2.31. The van der Waals surface area contributed by atoms with Gasteiger partial charge >= 0.3 is 0 Å². The number of nitrogens with two attached hydrogens (primary N) is 1. The maximum Gasteiger partial charge on any atom is 0.238 e. The highest BCUT2D eigenvalue weighted by Gasteiger charge is 2.29. The Morgan fingerprint density at radius 1 is 1.56 bits per heavy atom. The van der Waals surface area contributed by atoms with Crippen LogP contribution in [-0.2, 0) is 9.53 Å². The molecule has 0 spiro atoms. The summed E-state index contributed by atoms with van der Waals surface area (Å²) >= 11 is 1.74. The third-order valence-electron chi connectivity index (χ3n) is 2.34.